The van der Waals surface area contributed by atoms with Crippen LogP contribution in [0, 0.1) is 0 Å². The summed E-state index contributed by atoms with van der Waals surface area (Å²) in [6.45, 7) is 14.8. The van der Waals surface area contributed by atoms with Crippen LogP contribution in [-0.4, -0.2) is 79.5 Å². The maximum absolute atomic E-state index is 12.0. The first kappa shape index (κ1) is 24.6. The molecule has 2 heterocycles. The van der Waals surface area contributed by atoms with Crippen LogP contribution < -0.4 is 5.32 Å². The normalized spacial score (nSPS) is 27.4. The highest BCUT2D eigenvalue weighted by molar-refractivity contribution is 5.69. The van der Waals surface area contributed by atoms with Crippen molar-refractivity contribution in [1.82, 2.24) is 15.1 Å². The van der Waals surface area contributed by atoms with Gasteiger partial charge in [-0.25, -0.2) is 0 Å². The lowest BCUT2D eigenvalue weighted by Crippen LogP contribution is -2.29. The second kappa shape index (κ2) is 13.6. The Morgan fingerprint density at radius 1 is 0.931 bits per heavy atom. The van der Waals surface area contributed by atoms with E-state index in [-0.39, 0.29) is 12.1 Å². The van der Waals surface area contributed by atoms with Crippen molar-refractivity contribution in [1.29, 1.82) is 0 Å². The molecule has 0 aliphatic carbocycles. The van der Waals surface area contributed by atoms with Crippen LogP contribution in [0.4, 0.5) is 0 Å². The minimum absolute atomic E-state index is 0.0208. The number of ether oxygens (including phenoxy) is 2. The topological polar surface area (TPSA) is 53.6 Å². The molecule has 0 saturated carbocycles. The largest absolute Gasteiger partial charge is 0.461 e. The number of unbranched alkanes of at least 4 members (excludes halogenated alkanes) is 4. The molecule has 29 heavy (non-hydrogen) atoms. The van der Waals surface area contributed by atoms with Gasteiger partial charge >= 0.3 is 5.97 Å². The molecule has 0 spiro atoms. The summed E-state index contributed by atoms with van der Waals surface area (Å²) in [5, 5.41) is 3.40. The van der Waals surface area contributed by atoms with E-state index in [1.807, 2.05) is 0 Å². The van der Waals surface area contributed by atoms with E-state index < -0.39 is 0 Å². The summed E-state index contributed by atoms with van der Waals surface area (Å²) in [5.41, 5.74) is 0. The standard InChI is InChI=1S/C23H45N3O3/c1-5-21(16-25-14-19(25)3)28-18-24-13-11-9-7-8-10-12-23(27)29-22(6-2)17-26-15-20(26)4/h19-22,24H,5-18H2,1-4H3. The minimum Gasteiger partial charge on any atom is -0.461 e. The van der Waals surface area contributed by atoms with Gasteiger partial charge in [-0.1, -0.05) is 33.1 Å². The fraction of sp³-hybridized carbons (Fsp3) is 0.957. The fourth-order valence-corrected chi connectivity index (χ4v) is 3.71. The van der Waals surface area contributed by atoms with Crippen molar-refractivity contribution in [2.75, 3.05) is 39.5 Å². The lowest BCUT2D eigenvalue weighted by molar-refractivity contribution is -0.149. The van der Waals surface area contributed by atoms with Gasteiger partial charge in [-0.3, -0.25) is 19.9 Å². The first-order chi connectivity index (χ1) is 14.0. The van der Waals surface area contributed by atoms with Crippen molar-refractivity contribution in [3.05, 3.63) is 0 Å². The smallest absolute Gasteiger partial charge is 0.306 e. The van der Waals surface area contributed by atoms with Gasteiger partial charge in [-0.2, -0.15) is 0 Å². The molecule has 2 aliphatic heterocycles. The molecule has 2 rings (SSSR count). The van der Waals surface area contributed by atoms with Gasteiger partial charge in [0.1, 0.15) is 6.10 Å². The second-order valence-corrected chi connectivity index (χ2v) is 8.98. The molecule has 6 unspecified atom stereocenters. The Balaban J connectivity index is 1.35. The van der Waals surface area contributed by atoms with E-state index in [2.05, 4.69) is 42.8 Å². The van der Waals surface area contributed by atoms with Crippen LogP contribution in [0.3, 0.4) is 0 Å². The lowest BCUT2D eigenvalue weighted by Gasteiger charge is -2.17. The van der Waals surface area contributed by atoms with Gasteiger partial charge in [-0.05, 0) is 46.1 Å². The first-order valence-electron chi connectivity index (χ1n) is 12.0. The van der Waals surface area contributed by atoms with E-state index in [4.69, 9.17) is 9.47 Å². The fourth-order valence-electron chi connectivity index (χ4n) is 3.71. The molecule has 0 amide bonds. The molecule has 6 atom stereocenters. The number of nitrogens with one attached hydrogen (secondary N) is 1. The summed E-state index contributed by atoms with van der Waals surface area (Å²) in [6.07, 6.45) is 8.56. The molecule has 0 aromatic heterocycles. The highest BCUT2D eigenvalue weighted by Gasteiger charge is 2.32. The Hall–Kier alpha value is -0.690. The zero-order valence-electron chi connectivity index (χ0n) is 19.3. The van der Waals surface area contributed by atoms with Gasteiger partial charge in [-0.15, -0.1) is 0 Å². The van der Waals surface area contributed by atoms with Gasteiger partial charge < -0.3 is 9.47 Å². The monoisotopic (exact) mass is 411 g/mol. The van der Waals surface area contributed by atoms with E-state index in [0.717, 1.165) is 57.9 Å². The van der Waals surface area contributed by atoms with Crippen molar-refractivity contribution in [2.24, 2.45) is 0 Å². The molecule has 2 fully saturated rings. The van der Waals surface area contributed by atoms with Crippen molar-refractivity contribution in [3.8, 4) is 0 Å². The summed E-state index contributed by atoms with van der Waals surface area (Å²) in [6, 6.07) is 1.42. The van der Waals surface area contributed by atoms with Crippen molar-refractivity contribution in [3.63, 3.8) is 0 Å². The molecule has 2 aliphatic rings. The second-order valence-electron chi connectivity index (χ2n) is 8.98. The Morgan fingerprint density at radius 2 is 1.48 bits per heavy atom. The van der Waals surface area contributed by atoms with Crippen LogP contribution in [0.25, 0.3) is 0 Å². The average Bonchev–Trinajstić information content (AvgIpc) is 3.60. The highest BCUT2D eigenvalue weighted by Crippen LogP contribution is 2.19. The number of hydrogen-bond acceptors (Lipinski definition) is 6. The van der Waals surface area contributed by atoms with Crippen LogP contribution >= 0.6 is 0 Å². The van der Waals surface area contributed by atoms with Crippen LogP contribution in [0.15, 0.2) is 0 Å². The Kier molecular flexibility index (Phi) is 11.5. The summed E-state index contributed by atoms with van der Waals surface area (Å²) in [5.74, 6) is -0.0208. The SMILES string of the molecule is CCC(CN1CC1C)OCNCCCCCCCC(=O)OC(CC)CN1CC1C. The van der Waals surface area contributed by atoms with Gasteiger partial charge in [0.05, 0.1) is 12.8 Å². The number of hydrogen-bond donors (Lipinski definition) is 1. The number of nitrogens with zero attached hydrogens (tertiary/aromatic N) is 2. The molecule has 0 aromatic rings. The molecule has 2 saturated heterocycles. The zero-order valence-corrected chi connectivity index (χ0v) is 19.3. The summed E-state index contributed by atoms with van der Waals surface area (Å²) >= 11 is 0. The van der Waals surface area contributed by atoms with Gasteiger partial charge in [0.2, 0.25) is 0 Å². The molecule has 170 valence electrons. The molecular weight excluding hydrogens is 366 g/mol. The summed E-state index contributed by atoms with van der Waals surface area (Å²) in [4.78, 5) is 16.8. The maximum atomic E-state index is 12.0. The summed E-state index contributed by atoms with van der Waals surface area (Å²) < 4.78 is 11.6. The quantitative estimate of drug-likeness (QED) is 0.161. The van der Waals surface area contributed by atoms with Crippen molar-refractivity contribution in [2.45, 2.75) is 103 Å². The van der Waals surface area contributed by atoms with E-state index in [9.17, 15) is 4.79 Å². The van der Waals surface area contributed by atoms with Crippen LogP contribution in [0.1, 0.15) is 79.1 Å². The van der Waals surface area contributed by atoms with E-state index in [1.165, 1.54) is 25.8 Å². The van der Waals surface area contributed by atoms with Crippen LogP contribution in [0.5, 0.6) is 0 Å². The number of carbonyl (C=O) groups excluding carboxylic acids is 1. The number of esters is 1. The molecular formula is C23H45N3O3. The predicted octanol–water partition coefficient (Wildman–Crippen LogP) is 3.40. The number of carbonyl (C=O) groups is 1. The first-order valence-corrected chi connectivity index (χ1v) is 12.0. The summed E-state index contributed by atoms with van der Waals surface area (Å²) in [7, 11) is 0. The minimum atomic E-state index is -0.0208. The Bertz CT molecular complexity index is 463. The Labute approximate surface area is 178 Å². The lowest BCUT2D eigenvalue weighted by atomic mass is 10.1. The predicted molar refractivity (Wildman–Crippen MR) is 118 cm³/mol. The van der Waals surface area contributed by atoms with Crippen LogP contribution in [0.2, 0.25) is 0 Å². The van der Waals surface area contributed by atoms with Crippen molar-refractivity contribution >= 4 is 5.97 Å². The van der Waals surface area contributed by atoms with E-state index in [0.29, 0.717) is 25.3 Å². The zero-order chi connectivity index (χ0) is 21.1. The van der Waals surface area contributed by atoms with E-state index >= 15 is 0 Å². The van der Waals surface area contributed by atoms with Gasteiger partial charge in [0.25, 0.3) is 0 Å². The average molecular weight is 412 g/mol. The third-order valence-corrected chi connectivity index (χ3v) is 6.22. The Morgan fingerprint density at radius 3 is 2.07 bits per heavy atom. The molecule has 6 nitrogen and oxygen atoms in total. The van der Waals surface area contributed by atoms with E-state index in [1.54, 1.807) is 0 Å². The highest BCUT2D eigenvalue weighted by atomic mass is 16.5. The molecule has 0 bridgehead atoms. The van der Waals surface area contributed by atoms with Gasteiger partial charge in [0, 0.05) is 44.7 Å². The third-order valence-electron chi connectivity index (χ3n) is 6.22. The molecule has 0 aromatic carbocycles. The van der Waals surface area contributed by atoms with Gasteiger partial charge in [0.15, 0.2) is 0 Å². The molecule has 1 N–H and O–H groups in total. The molecule has 0 radical (unpaired) electrons. The third kappa shape index (κ3) is 10.8. The number of rotatable bonds is 18. The maximum Gasteiger partial charge on any atom is 0.306 e. The van der Waals surface area contributed by atoms with Crippen molar-refractivity contribution < 1.29 is 14.3 Å². The molecule has 6 heteroatoms. The van der Waals surface area contributed by atoms with Crippen LogP contribution in [-0.2, 0) is 14.3 Å².